The number of benzene rings is 3. The fourth-order valence-corrected chi connectivity index (χ4v) is 5.42. The third-order valence-electron chi connectivity index (χ3n) is 6.93. The highest BCUT2D eigenvalue weighted by atomic mass is 35.5. The van der Waals surface area contributed by atoms with Gasteiger partial charge in [-0.3, -0.25) is 13.9 Å². The normalized spacial score (nSPS) is 12.8. The first-order chi connectivity index (χ1) is 18.9. The molecule has 0 aromatic heterocycles. The Morgan fingerprint density at radius 2 is 1.57 bits per heavy atom. The average Bonchev–Trinajstić information content (AvgIpc) is 2.91. The number of amides is 2. The van der Waals surface area contributed by atoms with E-state index in [0.29, 0.717) is 16.3 Å². The van der Waals surface area contributed by atoms with Crippen LogP contribution in [0.5, 0.6) is 0 Å². The zero-order valence-corrected chi connectivity index (χ0v) is 25.3. The van der Waals surface area contributed by atoms with Gasteiger partial charge in [0, 0.05) is 24.0 Å². The second-order valence-corrected chi connectivity index (χ2v) is 12.5. The Bertz CT molecular complexity index is 1410. The lowest BCUT2D eigenvalue weighted by molar-refractivity contribution is -0.140. The lowest BCUT2D eigenvalue weighted by Crippen LogP contribution is -2.54. The molecule has 2 amide bonds. The zero-order chi connectivity index (χ0) is 29.4. The predicted octanol–water partition coefficient (Wildman–Crippen LogP) is 5.28. The monoisotopic (exact) mass is 583 g/mol. The molecule has 3 aromatic rings. The molecule has 1 N–H and O–H groups in total. The molecule has 0 aliphatic carbocycles. The summed E-state index contributed by atoms with van der Waals surface area (Å²) in [7, 11) is -3.87. The van der Waals surface area contributed by atoms with Gasteiger partial charge in [0.25, 0.3) is 0 Å². The van der Waals surface area contributed by atoms with Gasteiger partial charge in [-0.25, -0.2) is 8.42 Å². The smallest absolute Gasteiger partial charge is 0.244 e. The number of sulfonamides is 1. The van der Waals surface area contributed by atoms with Gasteiger partial charge in [0.1, 0.15) is 12.6 Å². The van der Waals surface area contributed by atoms with E-state index in [-0.39, 0.29) is 24.9 Å². The van der Waals surface area contributed by atoms with Gasteiger partial charge in [-0.05, 0) is 56.0 Å². The van der Waals surface area contributed by atoms with Crippen LogP contribution in [-0.2, 0) is 32.6 Å². The van der Waals surface area contributed by atoms with Crippen LogP contribution in [0.15, 0.2) is 72.8 Å². The topological polar surface area (TPSA) is 86.8 Å². The summed E-state index contributed by atoms with van der Waals surface area (Å²) in [5.41, 5.74) is 3.65. The van der Waals surface area contributed by atoms with Crippen molar-refractivity contribution in [1.82, 2.24) is 10.2 Å². The summed E-state index contributed by atoms with van der Waals surface area (Å²) >= 11 is 6.30. The maximum Gasteiger partial charge on any atom is 0.244 e. The SMILES string of the molecule is CC[C@H](C)NC(=O)[C@@H](Cc1ccccc1)N(Cc1ccc(C)cc1)C(=O)CN(c1cccc(Cl)c1C)S(C)(=O)=O. The number of carbonyl (C=O) groups excluding carboxylic acids is 2. The van der Waals surface area contributed by atoms with Crippen LogP contribution in [-0.4, -0.2) is 50.0 Å². The standard InChI is InChI=1S/C31H38ClN3O4S/c1-6-23(3)33-31(37)29(19-25-11-8-7-9-12-25)34(20-26-17-15-22(2)16-18-26)30(36)21-35(40(5,38)39)28-14-10-13-27(32)24(28)4/h7-18,23,29H,6,19-21H2,1-5H3,(H,33,37)/t23-,29+/m0/s1. The summed E-state index contributed by atoms with van der Waals surface area (Å²) in [6.07, 6.45) is 2.06. The van der Waals surface area contributed by atoms with Gasteiger partial charge < -0.3 is 10.2 Å². The van der Waals surface area contributed by atoms with Crippen molar-refractivity contribution in [3.63, 3.8) is 0 Å². The number of carbonyl (C=O) groups is 2. The van der Waals surface area contributed by atoms with Gasteiger partial charge in [-0.2, -0.15) is 0 Å². The fourth-order valence-electron chi connectivity index (χ4n) is 4.35. The van der Waals surface area contributed by atoms with Crippen molar-refractivity contribution >= 4 is 39.1 Å². The first kappa shape index (κ1) is 31.2. The van der Waals surface area contributed by atoms with Crippen LogP contribution >= 0.6 is 11.6 Å². The molecule has 0 bridgehead atoms. The van der Waals surface area contributed by atoms with E-state index in [2.05, 4.69) is 5.32 Å². The number of aryl methyl sites for hydroxylation is 1. The van der Waals surface area contributed by atoms with Gasteiger partial charge in [-0.1, -0.05) is 84.8 Å². The van der Waals surface area contributed by atoms with E-state index >= 15 is 0 Å². The molecule has 0 aliphatic rings. The molecular weight excluding hydrogens is 546 g/mol. The molecule has 0 heterocycles. The van der Waals surface area contributed by atoms with Gasteiger partial charge in [0.2, 0.25) is 21.8 Å². The van der Waals surface area contributed by atoms with Crippen molar-refractivity contribution in [2.75, 3.05) is 17.1 Å². The van der Waals surface area contributed by atoms with Crippen LogP contribution in [0.25, 0.3) is 0 Å². The number of nitrogens with zero attached hydrogens (tertiary/aromatic N) is 2. The van der Waals surface area contributed by atoms with E-state index in [1.54, 1.807) is 25.1 Å². The van der Waals surface area contributed by atoms with Crippen LogP contribution in [0.3, 0.4) is 0 Å². The molecule has 0 radical (unpaired) electrons. The summed E-state index contributed by atoms with van der Waals surface area (Å²) < 4.78 is 27.0. The quantitative estimate of drug-likeness (QED) is 0.314. The highest BCUT2D eigenvalue weighted by molar-refractivity contribution is 7.92. The number of anilines is 1. The van der Waals surface area contributed by atoms with Crippen molar-refractivity contribution < 1.29 is 18.0 Å². The zero-order valence-electron chi connectivity index (χ0n) is 23.7. The number of halogens is 1. The van der Waals surface area contributed by atoms with Crippen LogP contribution in [0, 0.1) is 13.8 Å². The van der Waals surface area contributed by atoms with Crippen LogP contribution in [0.2, 0.25) is 5.02 Å². The van der Waals surface area contributed by atoms with Crippen molar-refractivity contribution in [2.45, 2.75) is 59.2 Å². The summed E-state index contributed by atoms with van der Waals surface area (Å²) in [5.74, 6) is -0.783. The third kappa shape index (κ3) is 8.32. The van der Waals surface area contributed by atoms with Crippen molar-refractivity contribution in [1.29, 1.82) is 0 Å². The maximum absolute atomic E-state index is 14.1. The third-order valence-corrected chi connectivity index (χ3v) is 8.47. The molecule has 214 valence electrons. The molecular formula is C31H38ClN3O4S. The Morgan fingerprint density at radius 1 is 0.925 bits per heavy atom. The molecule has 0 saturated heterocycles. The second-order valence-electron chi connectivity index (χ2n) is 10.2. The molecule has 0 fully saturated rings. The van der Waals surface area contributed by atoms with E-state index in [4.69, 9.17) is 11.6 Å². The molecule has 40 heavy (non-hydrogen) atoms. The molecule has 3 aromatic carbocycles. The van der Waals surface area contributed by atoms with Crippen LogP contribution in [0.4, 0.5) is 5.69 Å². The number of nitrogens with one attached hydrogen (secondary N) is 1. The fraction of sp³-hybridized carbons (Fsp3) is 0.355. The van der Waals surface area contributed by atoms with E-state index in [1.807, 2.05) is 75.4 Å². The summed E-state index contributed by atoms with van der Waals surface area (Å²) in [6.45, 7) is 7.23. The molecule has 0 aliphatic heterocycles. The van der Waals surface area contributed by atoms with Gasteiger partial charge in [0.05, 0.1) is 11.9 Å². The van der Waals surface area contributed by atoms with Crippen molar-refractivity contribution in [3.8, 4) is 0 Å². The lowest BCUT2D eigenvalue weighted by Gasteiger charge is -2.34. The minimum atomic E-state index is -3.87. The number of hydrogen-bond donors (Lipinski definition) is 1. The Kier molecular flexibility index (Phi) is 10.8. The molecule has 0 spiro atoms. The lowest BCUT2D eigenvalue weighted by atomic mass is 10.0. The van der Waals surface area contributed by atoms with Crippen LogP contribution in [0.1, 0.15) is 42.5 Å². The van der Waals surface area contributed by atoms with E-state index in [0.717, 1.165) is 33.7 Å². The molecule has 0 unspecified atom stereocenters. The minimum absolute atomic E-state index is 0.0938. The number of rotatable bonds is 12. The van der Waals surface area contributed by atoms with Crippen molar-refractivity contribution in [2.24, 2.45) is 0 Å². The summed E-state index contributed by atoms with van der Waals surface area (Å²) in [6, 6.07) is 21.2. The Hall–Kier alpha value is -3.36. The Balaban J connectivity index is 2.08. The summed E-state index contributed by atoms with van der Waals surface area (Å²) in [5, 5.41) is 3.42. The van der Waals surface area contributed by atoms with E-state index in [1.165, 1.54) is 4.90 Å². The summed E-state index contributed by atoms with van der Waals surface area (Å²) in [4.78, 5) is 29.3. The Morgan fingerprint density at radius 3 is 2.17 bits per heavy atom. The Labute approximate surface area is 243 Å². The first-order valence-electron chi connectivity index (χ1n) is 13.3. The largest absolute Gasteiger partial charge is 0.352 e. The highest BCUT2D eigenvalue weighted by Gasteiger charge is 2.33. The van der Waals surface area contributed by atoms with Gasteiger partial charge in [0.15, 0.2) is 0 Å². The highest BCUT2D eigenvalue weighted by Crippen LogP contribution is 2.28. The predicted molar refractivity (Wildman–Crippen MR) is 162 cm³/mol. The molecule has 7 nitrogen and oxygen atoms in total. The minimum Gasteiger partial charge on any atom is -0.352 e. The molecule has 2 atom stereocenters. The van der Waals surface area contributed by atoms with E-state index < -0.39 is 28.5 Å². The van der Waals surface area contributed by atoms with Crippen LogP contribution < -0.4 is 9.62 Å². The van der Waals surface area contributed by atoms with E-state index in [9.17, 15) is 18.0 Å². The molecule has 9 heteroatoms. The average molecular weight is 584 g/mol. The molecule has 3 rings (SSSR count). The van der Waals surface area contributed by atoms with Gasteiger partial charge in [-0.15, -0.1) is 0 Å². The second kappa shape index (κ2) is 13.8. The number of hydrogen-bond acceptors (Lipinski definition) is 4. The van der Waals surface area contributed by atoms with Crippen molar-refractivity contribution in [3.05, 3.63) is 100 Å². The maximum atomic E-state index is 14.1. The first-order valence-corrected chi connectivity index (χ1v) is 15.6. The van der Waals surface area contributed by atoms with Gasteiger partial charge >= 0.3 is 0 Å². The molecule has 0 saturated carbocycles.